The van der Waals surface area contributed by atoms with Crippen molar-refractivity contribution in [2.24, 2.45) is 0 Å². The van der Waals surface area contributed by atoms with Crippen molar-refractivity contribution in [3.05, 3.63) is 41.5 Å². The molecular formula is C12H13BrFN3. The maximum absolute atomic E-state index is 13.4. The van der Waals surface area contributed by atoms with Crippen molar-refractivity contribution < 1.29 is 4.39 Å². The Kier molecular flexibility index (Phi) is 3.57. The van der Waals surface area contributed by atoms with Gasteiger partial charge in [-0.3, -0.25) is 0 Å². The standard InChI is InChI=1S/C12H13BrFN3/c1-3-10(13)12-7-17(16-15-12)9-5-4-8(2)11(14)6-9/h4-7,10H,3H2,1-2H3. The summed E-state index contributed by atoms with van der Waals surface area (Å²) in [5.74, 6) is -0.231. The van der Waals surface area contributed by atoms with Gasteiger partial charge in [-0.25, -0.2) is 9.07 Å². The van der Waals surface area contributed by atoms with Gasteiger partial charge in [0.1, 0.15) is 5.82 Å². The molecule has 5 heteroatoms. The second-order valence-electron chi connectivity index (χ2n) is 3.90. The number of benzene rings is 1. The first-order valence-electron chi connectivity index (χ1n) is 5.44. The lowest BCUT2D eigenvalue weighted by molar-refractivity contribution is 0.615. The van der Waals surface area contributed by atoms with Gasteiger partial charge in [-0.05, 0) is 31.0 Å². The fourth-order valence-electron chi connectivity index (χ4n) is 1.48. The molecule has 1 aromatic heterocycles. The highest BCUT2D eigenvalue weighted by molar-refractivity contribution is 9.09. The average Bonchev–Trinajstić information content (AvgIpc) is 2.81. The molecule has 1 unspecified atom stereocenters. The number of aryl methyl sites for hydroxylation is 1. The van der Waals surface area contributed by atoms with Gasteiger partial charge >= 0.3 is 0 Å². The van der Waals surface area contributed by atoms with Gasteiger partial charge in [0.05, 0.1) is 22.4 Å². The number of alkyl halides is 1. The van der Waals surface area contributed by atoms with Crippen LogP contribution in [-0.4, -0.2) is 15.0 Å². The molecular weight excluding hydrogens is 285 g/mol. The minimum Gasteiger partial charge on any atom is -0.220 e. The lowest BCUT2D eigenvalue weighted by Crippen LogP contribution is -1.96. The third kappa shape index (κ3) is 2.54. The smallest absolute Gasteiger partial charge is 0.128 e. The molecule has 0 saturated carbocycles. The Morgan fingerprint density at radius 1 is 1.47 bits per heavy atom. The molecule has 0 spiro atoms. The highest BCUT2D eigenvalue weighted by Crippen LogP contribution is 2.24. The molecule has 0 fully saturated rings. The highest BCUT2D eigenvalue weighted by Gasteiger charge is 2.10. The van der Waals surface area contributed by atoms with Crippen molar-refractivity contribution in [2.45, 2.75) is 25.1 Å². The van der Waals surface area contributed by atoms with Gasteiger partial charge in [-0.15, -0.1) is 5.10 Å². The molecule has 0 N–H and O–H groups in total. The number of rotatable bonds is 3. The van der Waals surface area contributed by atoms with Gasteiger partial charge in [-0.2, -0.15) is 0 Å². The Hall–Kier alpha value is -1.23. The quantitative estimate of drug-likeness (QED) is 0.811. The lowest BCUT2D eigenvalue weighted by Gasteiger charge is -2.02. The van der Waals surface area contributed by atoms with E-state index < -0.39 is 0 Å². The number of aromatic nitrogens is 3. The molecule has 0 aliphatic rings. The summed E-state index contributed by atoms with van der Waals surface area (Å²) in [5, 5.41) is 8.06. The molecule has 1 aromatic carbocycles. The third-order valence-corrected chi connectivity index (χ3v) is 3.73. The molecule has 2 aromatic rings. The number of hydrogen-bond acceptors (Lipinski definition) is 2. The molecule has 2 rings (SSSR count). The van der Waals surface area contributed by atoms with Crippen LogP contribution < -0.4 is 0 Å². The SMILES string of the molecule is CCC(Br)c1cn(-c2ccc(C)c(F)c2)nn1. The van der Waals surface area contributed by atoms with Crippen LogP contribution in [-0.2, 0) is 0 Å². The van der Waals surface area contributed by atoms with Crippen LogP contribution in [0.3, 0.4) is 0 Å². The van der Waals surface area contributed by atoms with Crippen molar-refractivity contribution in [3.8, 4) is 5.69 Å². The Morgan fingerprint density at radius 3 is 2.88 bits per heavy atom. The van der Waals surface area contributed by atoms with Crippen LogP contribution in [0.1, 0.15) is 29.4 Å². The Labute approximate surface area is 108 Å². The molecule has 0 saturated heterocycles. The monoisotopic (exact) mass is 297 g/mol. The molecule has 0 aliphatic heterocycles. The van der Waals surface area contributed by atoms with Crippen molar-refractivity contribution in [3.63, 3.8) is 0 Å². The van der Waals surface area contributed by atoms with E-state index >= 15 is 0 Å². The lowest BCUT2D eigenvalue weighted by atomic mass is 10.2. The predicted octanol–water partition coefficient (Wildman–Crippen LogP) is 3.56. The molecule has 3 nitrogen and oxygen atoms in total. The van der Waals surface area contributed by atoms with Crippen LogP contribution in [0, 0.1) is 12.7 Å². The van der Waals surface area contributed by atoms with E-state index in [4.69, 9.17) is 0 Å². The van der Waals surface area contributed by atoms with Gasteiger partial charge in [0.15, 0.2) is 0 Å². The first-order valence-corrected chi connectivity index (χ1v) is 6.36. The zero-order chi connectivity index (χ0) is 12.4. The number of nitrogens with zero attached hydrogens (tertiary/aromatic N) is 3. The molecule has 0 bridgehead atoms. The topological polar surface area (TPSA) is 30.7 Å². The van der Waals surface area contributed by atoms with Gasteiger partial charge in [-0.1, -0.05) is 34.1 Å². The van der Waals surface area contributed by atoms with Crippen LogP contribution >= 0.6 is 15.9 Å². The normalized spacial score (nSPS) is 12.7. The third-order valence-electron chi connectivity index (χ3n) is 2.61. The highest BCUT2D eigenvalue weighted by atomic mass is 79.9. The molecule has 90 valence electrons. The van der Waals surface area contributed by atoms with E-state index in [1.54, 1.807) is 17.7 Å². The fourth-order valence-corrected chi connectivity index (χ4v) is 1.69. The van der Waals surface area contributed by atoms with Gasteiger partial charge in [0.25, 0.3) is 0 Å². The van der Waals surface area contributed by atoms with Crippen molar-refractivity contribution in [1.29, 1.82) is 0 Å². The molecule has 0 amide bonds. The Bertz CT molecular complexity index is 524. The molecule has 1 atom stereocenters. The summed E-state index contributed by atoms with van der Waals surface area (Å²) in [6.07, 6.45) is 2.74. The molecule has 0 radical (unpaired) electrons. The zero-order valence-corrected chi connectivity index (χ0v) is 11.3. The van der Waals surface area contributed by atoms with E-state index in [0.717, 1.165) is 12.1 Å². The summed E-state index contributed by atoms with van der Waals surface area (Å²) in [4.78, 5) is 0.187. The van der Waals surface area contributed by atoms with Crippen LogP contribution in [0.4, 0.5) is 4.39 Å². The average molecular weight is 298 g/mol. The fraction of sp³-hybridized carbons (Fsp3) is 0.333. The summed E-state index contributed by atoms with van der Waals surface area (Å²) >= 11 is 3.51. The van der Waals surface area contributed by atoms with E-state index in [0.29, 0.717) is 11.3 Å². The first kappa shape index (κ1) is 12.2. The number of hydrogen-bond donors (Lipinski definition) is 0. The van der Waals surface area contributed by atoms with Crippen molar-refractivity contribution in [2.75, 3.05) is 0 Å². The van der Waals surface area contributed by atoms with E-state index in [1.165, 1.54) is 6.07 Å². The van der Waals surface area contributed by atoms with Gasteiger partial charge in [0.2, 0.25) is 0 Å². The maximum Gasteiger partial charge on any atom is 0.128 e. The summed E-state index contributed by atoms with van der Waals surface area (Å²) in [5.41, 5.74) is 2.16. The molecule has 0 aliphatic carbocycles. The van der Waals surface area contributed by atoms with Crippen LogP contribution in [0.15, 0.2) is 24.4 Å². The van der Waals surface area contributed by atoms with Crippen LogP contribution in [0.2, 0.25) is 0 Å². The largest absolute Gasteiger partial charge is 0.220 e. The van der Waals surface area contributed by atoms with Crippen molar-refractivity contribution >= 4 is 15.9 Å². The zero-order valence-electron chi connectivity index (χ0n) is 9.69. The summed E-state index contributed by atoms with van der Waals surface area (Å²) in [6.45, 7) is 3.79. The number of halogens is 2. The Morgan fingerprint density at radius 2 is 2.24 bits per heavy atom. The van der Waals surface area contributed by atoms with Crippen LogP contribution in [0.5, 0.6) is 0 Å². The first-order chi connectivity index (χ1) is 8.11. The minimum atomic E-state index is -0.231. The minimum absolute atomic E-state index is 0.187. The van der Waals surface area contributed by atoms with Crippen molar-refractivity contribution in [1.82, 2.24) is 15.0 Å². The van der Waals surface area contributed by atoms with E-state index in [9.17, 15) is 4.39 Å². The Balaban J connectivity index is 2.33. The second kappa shape index (κ2) is 4.96. The van der Waals surface area contributed by atoms with Gasteiger partial charge < -0.3 is 0 Å². The van der Waals surface area contributed by atoms with Crippen LogP contribution in [0.25, 0.3) is 5.69 Å². The maximum atomic E-state index is 13.4. The predicted molar refractivity (Wildman–Crippen MR) is 68.0 cm³/mol. The summed E-state index contributed by atoms with van der Waals surface area (Å²) in [7, 11) is 0. The van der Waals surface area contributed by atoms with E-state index in [1.807, 2.05) is 12.3 Å². The second-order valence-corrected chi connectivity index (χ2v) is 5.00. The summed E-state index contributed by atoms with van der Waals surface area (Å²) in [6, 6.07) is 5.02. The van der Waals surface area contributed by atoms with Gasteiger partial charge in [0, 0.05) is 0 Å². The molecule has 17 heavy (non-hydrogen) atoms. The van der Waals surface area contributed by atoms with E-state index in [-0.39, 0.29) is 10.6 Å². The van der Waals surface area contributed by atoms with E-state index in [2.05, 4.69) is 33.2 Å². The molecule has 1 heterocycles. The summed E-state index contributed by atoms with van der Waals surface area (Å²) < 4.78 is 15.0.